The molecule has 1 aliphatic rings. The zero-order chi connectivity index (χ0) is 8.97. The summed E-state index contributed by atoms with van der Waals surface area (Å²) in [6.07, 6.45) is 4.61. The highest BCUT2D eigenvalue weighted by molar-refractivity contribution is 8.00. The van der Waals surface area contributed by atoms with Gasteiger partial charge in [0.25, 0.3) is 0 Å². The Morgan fingerprint density at radius 1 is 1.67 bits per heavy atom. The number of carbonyl (C=O) groups is 1. The highest BCUT2D eigenvalue weighted by Crippen LogP contribution is 2.24. The van der Waals surface area contributed by atoms with Crippen LogP contribution in [-0.2, 0) is 9.53 Å². The first-order chi connectivity index (χ1) is 5.74. The first-order valence-electron chi connectivity index (χ1n) is 4.17. The third-order valence-electron chi connectivity index (χ3n) is 1.71. The van der Waals surface area contributed by atoms with Gasteiger partial charge in [-0.25, -0.2) is 0 Å². The average Bonchev–Trinajstić information content (AvgIpc) is 2.05. The third-order valence-corrected chi connectivity index (χ3v) is 2.83. The summed E-state index contributed by atoms with van der Waals surface area (Å²) in [4.78, 5) is 11.3. The second-order valence-electron chi connectivity index (χ2n) is 2.84. The molecule has 1 aliphatic heterocycles. The van der Waals surface area contributed by atoms with Crippen molar-refractivity contribution in [2.75, 3.05) is 5.75 Å². The molecule has 0 spiro atoms. The Balaban J connectivity index is 2.45. The van der Waals surface area contributed by atoms with Gasteiger partial charge in [0.15, 0.2) is 11.2 Å². The van der Waals surface area contributed by atoms with Gasteiger partial charge in [-0.15, -0.1) is 11.8 Å². The number of hydrogen-bond acceptors (Lipinski definition) is 3. The lowest BCUT2D eigenvalue weighted by molar-refractivity contribution is -0.123. The predicted molar refractivity (Wildman–Crippen MR) is 51.2 cm³/mol. The maximum absolute atomic E-state index is 11.3. The van der Waals surface area contributed by atoms with E-state index in [4.69, 9.17) is 4.74 Å². The zero-order valence-electron chi connectivity index (χ0n) is 7.45. The van der Waals surface area contributed by atoms with E-state index in [1.165, 1.54) is 0 Å². The van der Waals surface area contributed by atoms with Gasteiger partial charge in [0.05, 0.1) is 6.10 Å². The van der Waals surface area contributed by atoms with Crippen LogP contribution in [-0.4, -0.2) is 23.1 Å². The van der Waals surface area contributed by atoms with Crippen molar-refractivity contribution in [1.82, 2.24) is 0 Å². The summed E-state index contributed by atoms with van der Waals surface area (Å²) in [5, 5.41) is 0. The molecule has 1 saturated heterocycles. The van der Waals surface area contributed by atoms with Crippen LogP contribution in [0.3, 0.4) is 0 Å². The summed E-state index contributed by atoms with van der Waals surface area (Å²) >= 11 is 1.59. The fourth-order valence-corrected chi connectivity index (χ4v) is 2.24. The standard InChI is InChI=1S/C9H14O2S/c1-3-4-8(10)9-11-7(2)5-6-12-9/h3-4,7,9H,5-6H2,1-2H3/b4-3+/t7-,9+/m0/s1. The summed E-state index contributed by atoms with van der Waals surface area (Å²) in [5.41, 5.74) is -0.259. The van der Waals surface area contributed by atoms with Crippen LogP contribution in [0.4, 0.5) is 0 Å². The van der Waals surface area contributed by atoms with E-state index < -0.39 is 0 Å². The van der Waals surface area contributed by atoms with Gasteiger partial charge in [0.2, 0.25) is 0 Å². The van der Waals surface area contributed by atoms with Crippen molar-refractivity contribution in [1.29, 1.82) is 0 Å². The lowest BCUT2D eigenvalue weighted by atomic mass is 10.3. The van der Waals surface area contributed by atoms with E-state index in [9.17, 15) is 4.79 Å². The molecule has 12 heavy (non-hydrogen) atoms. The minimum absolute atomic E-state index is 0.0778. The molecule has 0 bridgehead atoms. The van der Waals surface area contributed by atoms with Crippen molar-refractivity contribution in [2.24, 2.45) is 0 Å². The van der Waals surface area contributed by atoms with Gasteiger partial charge in [0, 0.05) is 0 Å². The van der Waals surface area contributed by atoms with Crippen LogP contribution in [0.5, 0.6) is 0 Å². The van der Waals surface area contributed by atoms with Crippen molar-refractivity contribution in [2.45, 2.75) is 31.8 Å². The molecule has 0 aliphatic carbocycles. The molecule has 2 atom stereocenters. The van der Waals surface area contributed by atoms with Crippen molar-refractivity contribution in [3.63, 3.8) is 0 Å². The zero-order valence-corrected chi connectivity index (χ0v) is 8.26. The maximum atomic E-state index is 11.3. The summed E-state index contributed by atoms with van der Waals surface area (Å²) < 4.78 is 5.46. The molecule has 2 nitrogen and oxygen atoms in total. The van der Waals surface area contributed by atoms with Gasteiger partial charge in [-0.1, -0.05) is 6.08 Å². The van der Waals surface area contributed by atoms with E-state index in [1.807, 2.05) is 13.8 Å². The first-order valence-corrected chi connectivity index (χ1v) is 5.22. The number of hydrogen-bond donors (Lipinski definition) is 0. The highest BCUT2D eigenvalue weighted by Gasteiger charge is 2.23. The number of ketones is 1. The number of rotatable bonds is 2. The molecule has 0 saturated carbocycles. The van der Waals surface area contributed by atoms with E-state index in [0.29, 0.717) is 0 Å². The lowest BCUT2D eigenvalue weighted by Gasteiger charge is -2.25. The van der Waals surface area contributed by atoms with Gasteiger partial charge < -0.3 is 4.74 Å². The lowest BCUT2D eigenvalue weighted by Crippen LogP contribution is -2.29. The minimum Gasteiger partial charge on any atom is -0.356 e. The molecule has 0 N–H and O–H groups in total. The fourth-order valence-electron chi connectivity index (χ4n) is 1.05. The summed E-state index contributed by atoms with van der Waals surface area (Å²) in [5.74, 6) is 1.10. The smallest absolute Gasteiger partial charge is 0.194 e. The van der Waals surface area contributed by atoms with Crippen LogP contribution in [0.25, 0.3) is 0 Å². The molecule has 0 amide bonds. The minimum atomic E-state index is -0.259. The molecular formula is C9H14O2S. The van der Waals surface area contributed by atoms with Crippen LogP contribution in [0.15, 0.2) is 12.2 Å². The molecule has 1 heterocycles. The van der Waals surface area contributed by atoms with Crippen LogP contribution >= 0.6 is 11.8 Å². The predicted octanol–water partition coefficient (Wildman–Crippen LogP) is 2.00. The van der Waals surface area contributed by atoms with Crippen molar-refractivity contribution in [3.05, 3.63) is 12.2 Å². The van der Waals surface area contributed by atoms with Gasteiger partial charge in [-0.2, -0.15) is 0 Å². The second-order valence-corrected chi connectivity index (χ2v) is 4.01. The molecule has 0 aromatic carbocycles. The second kappa shape index (κ2) is 4.67. The Hall–Kier alpha value is -0.280. The Bertz CT molecular complexity index is 189. The molecule has 0 radical (unpaired) electrons. The van der Waals surface area contributed by atoms with Gasteiger partial charge >= 0.3 is 0 Å². The molecule has 1 rings (SSSR count). The molecule has 0 aromatic heterocycles. The fraction of sp³-hybridized carbons (Fsp3) is 0.667. The van der Waals surface area contributed by atoms with E-state index in [2.05, 4.69) is 0 Å². The van der Waals surface area contributed by atoms with E-state index in [-0.39, 0.29) is 17.3 Å². The SMILES string of the molecule is C/C=C/C(=O)[C@@H]1O[C@@H](C)CCS1. The van der Waals surface area contributed by atoms with Crippen LogP contribution in [0, 0.1) is 0 Å². The molecule has 68 valence electrons. The Kier molecular flexibility index (Phi) is 3.82. The Morgan fingerprint density at radius 2 is 2.42 bits per heavy atom. The molecule has 0 aromatic rings. The Morgan fingerprint density at radius 3 is 3.00 bits per heavy atom. The average molecular weight is 186 g/mol. The normalized spacial score (nSPS) is 30.8. The molecule has 0 unspecified atom stereocenters. The Labute approximate surface area is 77.4 Å². The summed E-state index contributed by atoms with van der Waals surface area (Å²) in [6.45, 7) is 3.85. The number of thioether (sulfide) groups is 1. The quantitative estimate of drug-likeness (QED) is 0.617. The van der Waals surface area contributed by atoms with E-state index in [1.54, 1.807) is 23.9 Å². The molecule has 1 fully saturated rings. The van der Waals surface area contributed by atoms with Crippen molar-refractivity contribution < 1.29 is 9.53 Å². The van der Waals surface area contributed by atoms with Crippen molar-refractivity contribution >= 4 is 17.5 Å². The van der Waals surface area contributed by atoms with Crippen molar-refractivity contribution in [3.8, 4) is 0 Å². The van der Waals surface area contributed by atoms with Gasteiger partial charge in [-0.05, 0) is 32.1 Å². The highest BCUT2D eigenvalue weighted by atomic mass is 32.2. The van der Waals surface area contributed by atoms with Crippen LogP contribution in [0.2, 0.25) is 0 Å². The summed E-state index contributed by atoms with van der Waals surface area (Å²) in [7, 11) is 0. The molecular weight excluding hydrogens is 172 g/mol. The number of allylic oxidation sites excluding steroid dienone is 1. The molecule has 3 heteroatoms. The largest absolute Gasteiger partial charge is 0.356 e. The first kappa shape index (κ1) is 9.81. The van der Waals surface area contributed by atoms with E-state index in [0.717, 1.165) is 12.2 Å². The summed E-state index contributed by atoms with van der Waals surface area (Å²) in [6, 6.07) is 0. The van der Waals surface area contributed by atoms with Crippen LogP contribution in [0.1, 0.15) is 20.3 Å². The van der Waals surface area contributed by atoms with Gasteiger partial charge in [-0.3, -0.25) is 4.79 Å². The van der Waals surface area contributed by atoms with Gasteiger partial charge in [0.1, 0.15) is 0 Å². The van der Waals surface area contributed by atoms with E-state index >= 15 is 0 Å². The monoisotopic (exact) mass is 186 g/mol. The number of carbonyl (C=O) groups excluding carboxylic acids is 1. The number of ether oxygens (including phenoxy) is 1. The van der Waals surface area contributed by atoms with Crippen LogP contribution < -0.4 is 0 Å². The maximum Gasteiger partial charge on any atom is 0.194 e. The topological polar surface area (TPSA) is 26.3 Å². The third kappa shape index (κ3) is 2.64.